The zero-order chi connectivity index (χ0) is 26.9. The molecule has 0 aliphatic heterocycles. The molecule has 2 N–H and O–H groups in total. The normalized spacial score (nSPS) is 12.5. The molecule has 190 valence electrons. The lowest BCUT2D eigenvalue weighted by molar-refractivity contribution is -0.136. The molecule has 0 aliphatic carbocycles. The highest BCUT2D eigenvalue weighted by Gasteiger charge is 2.47. The van der Waals surface area contributed by atoms with E-state index in [1.165, 1.54) is 0 Å². The number of aromatic hydroxyl groups is 2. The molecule has 0 fully saturated rings. The molecule has 0 atom stereocenters. The van der Waals surface area contributed by atoms with Crippen molar-refractivity contribution in [1.82, 2.24) is 4.57 Å². The Kier molecular flexibility index (Phi) is 5.65. The van der Waals surface area contributed by atoms with Gasteiger partial charge in [-0.1, -0.05) is 0 Å². The van der Waals surface area contributed by atoms with Gasteiger partial charge in [0.15, 0.2) is 23.3 Å². The summed E-state index contributed by atoms with van der Waals surface area (Å²) < 4.78 is 143. The molecular weight excluding hydrogens is 512 g/mol. The maximum absolute atomic E-state index is 15.8. The van der Waals surface area contributed by atoms with Crippen LogP contribution in [-0.2, 0) is 12.2 Å². The minimum Gasteiger partial charge on any atom is -0.508 e. The molecule has 0 spiro atoms. The van der Waals surface area contributed by atoms with Gasteiger partial charge >= 0.3 is 12.2 Å². The van der Waals surface area contributed by atoms with Crippen LogP contribution in [0.25, 0.3) is 22.2 Å². The number of benzene rings is 3. The maximum atomic E-state index is 15.8. The van der Waals surface area contributed by atoms with Crippen molar-refractivity contribution in [2.24, 2.45) is 0 Å². The van der Waals surface area contributed by atoms with Gasteiger partial charge in [0.25, 0.3) is 0 Å². The fourth-order valence-corrected chi connectivity index (χ4v) is 4.05. The highest BCUT2D eigenvalue weighted by molar-refractivity contribution is 5.95. The molecule has 3 aromatic carbocycles. The van der Waals surface area contributed by atoms with Crippen molar-refractivity contribution in [2.45, 2.75) is 19.1 Å². The first-order valence-electron chi connectivity index (χ1n) is 9.73. The molecule has 4 rings (SSSR count). The summed E-state index contributed by atoms with van der Waals surface area (Å²) in [5.41, 5.74) is -6.97. The third-order valence-electron chi connectivity index (χ3n) is 5.53. The van der Waals surface area contributed by atoms with Crippen molar-refractivity contribution in [3.05, 3.63) is 82.2 Å². The lowest BCUT2D eigenvalue weighted by Gasteiger charge is -2.24. The maximum Gasteiger partial charge on any atom is 0.417 e. The van der Waals surface area contributed by atoms with Crippen LogP contribution in [-0.4, -0.2) is 14.8 Å². The average Bonchev–Trinajstić information content (AvgIpc) is 3.08. The van der Waals surface area contributed by atoms with E-state index in [-0.39, 0.29) is 21.9 Å². The number of aryl methyl sites for hydroxylation is 1. The Morgan fingerprint density at radius 1 is 0.694 bits per heavy atom. The van der Waals surface area contributed by atoms with Crippen LogP contribution in [0.15, 0.2) is 36.4 Å². The Morgan fingerprint density at radius 3 is 1.69 bits per heavy atom. The quantitative estimate of drug-likeness (QED) is 0.168. The Morgan fingerprint density at radius 2 is 1.19 bits per heavy atom. The zero-order valence-corrected chi connectivity index (χ0v) is 17.6. The van der Waals surface area contributed by atoms with Crippen LogP contribution in [0, 0.1) is 36.0 Å². The summed E-state index contributed by atoms with van der Waals surface area (Å²) in [6.07, 6.45) is -5.21. The van der Waals surface area contributed by atoms with Gasteiger partial charge < -0.3 is 10.2 Å². The number of aromatic nitrogens is 1. The van der Waals surface area contributed by atoms with Gasteiger partial charge in [-0.15, -0.1) is 0 Å². The van der Waals surface area contributed by atoms with Gasteiger partial charge in [-0.25, -0.2) is 22.0 Å². The summed E-state index contributed by atoms with van der Waals surface area (Å²) >= 11 is 0. The van der Waals surface area contributed by atoms with Crippen LogP contribution in [0.4, 0.5) is 43.9 Å². The van der Waals surface area contributed by atoms with Crippen molar-refractivity contribution < 1.29 is 54.1 Å². The third-order valence-corrected chi connectivity index (χ3v) is 5.53. The molecule has 1 heterocycles. The van der Waals surface area contributed by atoms with E-state index in [0.29, 0.717) is 6.07 Å². The second-order valence-electron chi connectivity index (χ2n) is 7.73. The van der Waals surface area contributed by atoms with Crippen LogP contribution in [0.1, 0.15) is 16.7 Å². The Labute approximate surface area is 194 Å². The number of nitrogens with zero attached hydrogens (tertiary/aromatic N) is 1. The third kappa shape index (κ3) is 3.60. The molecule has 0 aliphatic rings. The first-order valence-corrected chi connectivity index (χ1v) is 9.73. The van der Waals surface area contributed by atoms with E-state index in [9.17, 15) is 45.3 Å². The number of hydrogen-bond acceptors (Lipinski definition) is 2. The van der Waals surface area contributed by atoms with Gasteiger partial charge in [-0.2, -0.15) is 22.0 Å². The van der Waals surface area contributed by atoms with Crippen LogP contribution in [0.3, 0.4) is 0 Å². The first-order chi connectivity index (χ1) is 16.6. The fourth-order valence-electron chi connectivity index (χ4n) is 4.05. The minimum absolute atomic E-state index is 0.233. The number of phenolic OH excluding ortho intramolecular Hbond substituents is 2. The summed E-state index contributed by atoms with van der Waals surface area (Å²) in [6.45, 7) is 0.960. The number of hydrogen-bond donors (Lipinski definition) is 2. The van der Waals surface area contributed by atoms with Crippen LogP contribution >= 0.6 is 0 Å². The van der Waals surface area contributed by atoms with Crippen LogP contribution < -0.4 is 0 Å². The zero-order valence-electron chi connectivity index (χ0n) is 17.6. The van der Waals surface area contributed by atoms with Gasteiger partial charge in [-0.05, 0) is 48.4 Å². The van der Waals surface area contributed by atoms with Gasteiger partial charge in [0, 0.05) is 11.5 Å². The highest BCUT2D eigenvalue weighted by atomic mass is 19.4. The number of rotatable bonds is 3. The Bertz CT molecular complexity index is 1490. The van der Waals surface area contributed by atoms with E-state index < -0.39 is 80.3 Å². The summed E-state index contributed by atoms with van der Waals surface area (Å²) in [4.78, 5) is 0. The predicted molar refractivity (Wildman–Crippen MR) is 106 cm³/mol. The summed E-state index contributed by atoms with van der Waals surface area (Å²) in [5, 5.41) is 18.5. The molecule has 0 bridgehead atoms. The van der Waals surface area contributed by atoms with Crippen molar-refractivity contribution >= 4 is 10.9 Å². The molecular formula is C23H11F10NO2. The lowest BCUT2D eigenvalue weighted by atomic mass is 10.0. The molecule has 1 aromatic heterocycles. The molecule has 0 radical (unpaired) electrons. The van der Waals surface area contributed by atoms with E-state index in [2.05, 4.69) is 0 Å². The van der Waals surface area contributed by atoms with Gasteiger partial charge in [-0.3, -0.25) is 4.57 Å². The molecule has 4 aromatic rings. The van der Waals surface area contributed by atoms with E-state index >= 15 is 8.78 Å². The number of fused-ring (bicyclic) bond motifs is 1. The summed E-state index contributed by atoms with van der Waals surface area (Å²) in [5.74, 6) is -15.4. The smallest absolute Gasteiger partial charge is 0.417 e. The monoisotopic (exact) mass is 523 g/mol. The molecule has 0 saturated carbocycles. The Hall–Kier alpha value is -3.90. The second kappa shape index (κ2) is 8.07. The van der Waals surface area contributed by atoms with Crippen molar-refractivity contribution in [3.8, 4) is 22.8 Å². The Balaban J connectivity index is 2.25. The largest absolute Gasteiger partial charge is 0.508 e. The van der Waals surface area contributed by atoms with Crippen molar-refractivity contribution in [2.75, 3.05) is 0 Å². The van der Waals surface area contributed by atoms with Gasteiger partial charge in [0.1, 0.15) is 17.1 Å². The second-order valence-corrected chi connectivity index (χ2v) is 7.73. The SMILES string of the molecule is Cc1c(-c2ccc(O)cc2)n(C(F)(F)c2c(F)c(F)c(F)c(F)c2F)c2cc(O)cc(C(F)(F)F)c12. The first kappa shape index (κ1) is 25.2. The van der Waals surface area contributed by atoms with E-state index in [0.717, 1.165) is 31.2 Å². The van der Waals surface area contributed by atoms with E-state index in [1.807, 2.05) is 0 Å². The fraction of sp³-hybridized carbons (Fsp3) is 0.130. The highest BCUT2D eigenvalue weighted by Crippen LogP contribution is 2.48. The van der Waals surface area contributed by atoms with Crippen molar-refractivity contribution in [1.29, 1.82) is 0 Å². The van der Waals surface area contributed by atoms with Crippen LogP contribution in [0.2, 0.25) is 0 Å². The van der Waals surface area contributed by atoms with E-state index in [1.54, 1.807) is 0 Å². The summed E-state index contributed by atoms with van der Waals surface area (Å²) in [6, 6.07) is -0.618. The molecule has 0 unspecified atom stereocenters. The average molecular weight is 523 g/mol. The molecule has 36 heavy (non-hydrogen) atoms. The van der Waals surface area contributed by atoms with Crippen molar-refractivity contribution in [3.63, 3.8) is 0 Å². The van der Waals surface area contributed by atoms with Gasteiger partial charge in [0.2, 0.25) is 5.82 Å². The topological polar surface area (TPSA) is 45.4 Å². The van der Waals surface area contributed by atoms with E-state index in [4.69, 9.17) is 0 Å². The number of phenols is 2. The molecule has 0 saturated heterocycles. The lowest BCUT2D eigenvalue weighted by Crippen LogP contribution is -2.29. The molecule has 13 heteroatoms. The van der Waals surface area contributed by atoms with Gasteiger partial charge in [0.05, 0.1) is 16.8 Å². The standard InChI is InChI=1S/C23H11F10NO2/c1-8-14-12(22(29,30)31)6-11(36)7-13(14)34(21(8)9-2-4-10(35)5-3-9)23(32,33)15-16(24)18(26)20(28)19(27)17(15)25/h2-7,35-36H,1H3. The molecule has 0 amide bonds. The number of alkyl halides is 5. The minimum atomic E-state index is -5.21. The number of halogens is 10. The predicted octanol–water partition coefficient (Wildman–Crippen LogP) is 7.34. The summed E-state index contributed by atoms with van der Waals surface area (Å²) in [7, 11) is 0. The van der Waals surface area contributed by atoms with Crippen LogP contribution in [0.5, 0.6) is 11.5 Å². The molecule has 3 nitrogen and oxygen atoms in total.